The van der Waals surface area contributed by atoms with Gasteiger partial charge in [0.1, 0.15) is 6.33 Å². The summed E-state index contributed by atoms with van der Waals surface area (Å²) in [6.07, 6.45) is 7.73. The molecule has 0 saturated carbocycles. The minimum atomic E-state index is 0.703. The summed E-state index contributed by atoms with van der Waals surface area (Å²) in [5.74, 6) is 1.52. The maximum atomic E-state index is 4.46. The highest BCUT2D eigenvalue weighted by molar-refractivity contribution is 5.35. The second-order valence-electron chi connectivity index (χ2n) is 4.44. The summed E-state index contributed by atoms with van der Waals surface area (Å²) in [6, 6.07) is 0. The van der Waals surface area contributed by atoms with Gasteiger partial charge >= 0.3 is 0 Å². The number of anilines is 2. The van der Waals surface area contributed by atoms with Crippen molar-refractivity contribution in [3.63, 3.8) is 0 Å². The molecule has 17 heavy (non-hydrogen) atoms. The Morgan fingerprint density at radius 1 is 1.24 bits per heavy atom. The quantitative estimate of drug-likeness (QED) is 0.792. The second kappa shape index (κ2) is 6.37. The van der Waals surface area contributed by atoms with E-state index in [-0.39, 0.29) is 0 Å². The predicted octanol–water partition coefficient (Wildman–Crippen LogP) is 2.07. The molecule has 0 aliphatic carbocycles. The number of aromatic nitrogens is 3. The van der Waals surface area contributed by atoms with Crippen LogP contribution < -0.4 is 10.2 Å². The minimum absolute atomic E-state index is 0.703. The second-order valence-corrected chi connectivity index (χ2v) is 4.44. The van der Waals surface area contributed by atoms with Crippen LogP contribution in [0.5, 0.6) is 0 Å². The molecule has 0 aromatic carbocycles. The first-order valence-electron chi connectivity index (χ1n) is 6.58. The maximum absolute atomic E-state index is 4.46. The summed E-state index contributed by atoms with van der Waals surface area (Å²) in [6.45, 7) is 5.24. The Morgan fingerprint density at radius 3 is 2.82 bits per heavy atom. The van der Waals surface area contributed by atoms with Gasteiger partial charge in [-0.1, -0.05) is 13.3 Å². The smallest absolute Gasteiger partial charge is 0.230 e. The molecular weight excluding hydrogens is 214 g/mol. The first-order chi connectivity index (χ1) is 8.40. The van der Waals surface area contributed by atoms with Gasteiger partial charge in [0.05, 0.1) is 0 Å². The van der Waals surface area contributed by atoms with Crippen molar-refractivity contribution in [2.75, 3.05) is 29.9 Å². The van der Waals surface area contributed by atoms with E-state index in [1.807, 2.05) is 0 Å². The molecule has 0 atom stereocenters. The lowest BCUT2D eigenvalue weighted by molar-refractivity contribution is 0.567. The zero-order chi connectivity index (χ0) is 11.9. The molecule has 1 aliphatic rings. The molecule has 0 bridgehead atoms. The Bertz CT molecular complexity index is 335. The molecule has 1 aromatic rings. The fraction of sp³-hybridized carbons (Fsp3) is 0.750. The zero-order valence-corrected chi connectivity index (χ0v) is 10.5. The molecule has 0 radical (unpaired) electrons. The minimum Gasteiger partial charge on any atom is -0.354 e. The number of nitrogens with zero attached hydrogens (tertiary/aromatic N) is 4. The number of hydrogen-bond donors (Lipinski definition) is 1. The van der Waals surface area contributed by atoms with E-state index in [4.69, 9.17) is 0 Å². The van der Waals surface area contributed by atoms with Crippen molar-refractivity contribution >= 4 is 11.9 Å². The van der Waals surface area contributed by atoms with Crippen LogP contribution in [-0.4, -0.2) is 34.6 Å². The highest BCUT2D eigenvalue weighted by Gasteiger charge is 2.13. The molecule has 5 heteroatoms. The monoisotopic (exact) mass is 235 g/mol. The average Bonchev–Trinajstić information content (AvgIpc) is 2.41. The summed E-state index contributed by atoms with van der Waals surface area (Å²) < 4.78 is 0. The van der Waals surface area contributed by atoms with Crippen molar-refractivity contribution in [3.05, 3.63) is 6.33 Å². The topological polar surface area (TPSA) is 53.9 Å². The Labute approximate surface area is 103 Å². The van der Waals surface area contributed by atoms with Crippen molar-refractivity contribution < 1.29 is 0 Å². The zero-order valence-electron chi connectivity index (χ0n) is 10.5. The Balaban J connectivity index is 1.95. The predicted molar refractivity (Wildman–Crippen MR) is 69.3 cm³/mol. The lowest BCUT2D eigenvalue weighted by atomic mass is 10.1. The van der Waals surface area contributed by atoms with Crippen molar-refractivity contribution in [2.24, 2.45) is 0 Å². The molecule has 94 valence electrons. The summed E-state index contributed by atoms with van der Waals surface area (Å²) in [5.41, 5.74) is 0. The van der Waals surface area contributed by atoms with Gasteiger partial charge in [-0.15, -0.1) is 0 Å². The average molecular weight is 235 g/mol. The van der Waals surface area contributed by atoms with Crippen LogP contribution in [0, 0.1) is 0 Å². The third-order valence-corrected chi connectivity index (χ3v) is 3.01. The van der Waals surface area contributed by atoms with Gasteiger partial charge in [0.2, 0.25) is 11.9 Å². The summed E-state index contributed by atoms with van der Waals surface area (Å²) >= 11 is 0. The Hall–Kier alpha value is -1.39. The standard InChI is InChI=1S/C12H21N5/c1-2-3-7-13-11-14-10-15-12(16-11)17-8-5-4-6-9-17/h10H,2-9H2,1H3,(H,13,14,15,16). The molecule has 5 nitrogen and oxygen atoms in total. The molecule has 2 heterocycles. The molecule has 1 aromatic heterocycles. The number of piperidine rings is 1. The number of rotatable bonds is 5. The Kier molecular flexibility index (Phi) is 4.53. The molecular formula is C12H21N5. The normalized spacial score (nSPS) is 15.9. The molecule has 1 fully saturated rings. The molecule has 0 amide bonds. The van der Waals surface area contributed by atoms with Crippen LogP contribution in [-0.2, 0) is 0 Å². The number of nitrogens with one attached hydrogen (secondary N) is 1. The van der Waals surface area contributed by atoms with Gasteiger partial charge in [0.15, 0.2) is 0 Å². The first-order valence-corrected chi connectivity index (χ1v) is 6.58. The largest absolute Gasteiger partial charge is 0.354 e. The van der Waals surface area contributed by atoms with Gasteiger partial charge in [0, 0.05) is 19.6 Å². The summed E-state index contributed by atoms with van der Waals surface area (Å²) in [7, 11) is 0. The van der Waals surface area contributed by atoms with E-state index in [2.05, 4.69) is 32.1 Å². The van der Waals surface area contributed by atoms with Gasteiger partial charge in [-0.25, -0.2) is 9.97 Å². The van der Waals surface area contributed by atoms with E-state index in [0.29, 0.717) is 5.95 Å². The molecule has 2 rings (SSSR count). The number of hydrogen-bond acceptors (Lipinski definition) is 5. The van der Waals surface area contributed by atoms with E-state index >= 15 is 0 Å². The van der Waals surface area contributed by atoms with Gasteiger partial charge in [0.25, 0.3) is 0 Å². The highest BCUT2D eigenvalue weighted by Crippen LogP contribution is 2.15. The molecule has 0 spiro atoms. The maximum Gasteiger partial charge on any atom is 0.230 e. The van der Waals surface area contributed by atoms with Gasteiger partial charge < -0.3 is 10.2 Å². The molecule has 1 saturated heterocycles. The van der Waals surface area contributed by atoms with E-state index in [1.54, 1.807) is 6.33 Å². The van der Waals surface area contributed by atoms with Crippen LogP contribution >= 0.6 is 0 Å². The highest BCUT2D eigenvalue weighted by atomic mass is 15.3. The van der Waals surface area contributed by atoms with E-state index < -0.39 is 0 Å². The van der Waals surface area contributed by atoms with Crippen LogP contribution in [0.15, 0.2) is 6.33 Å². The van der Waals surface area contributed by atoms with Crippen LogP contribution in [0.3, 0.4) is 0 Å². The van der Waals surface area contributed by atoms with Gasteiger partial charge in [-0.3, -0.25) is 0 Å². The van der Waals surface area contributed by atoms with E-state index in [1.165, 1.54) is 25.7 Å². The van der Waals surface area contributed by atoms with Crippen LogP contribution in [0.25, 0.3) is 0 Å². The lowest BCUT2D eigenvalue weighted by Gasteiger charge is -2.26. The van der Waals surface area contributed by atoms with Crippen LogP contribution in [0.4, 0.5) is 11.9 Å². The summed E-state index contributed by atoms with van der Waals surface area (Å²) in [4.78, 5) is 15.1. The Morgan fingerprint density at radius 2 is 2.06 bits per heavy atom. The van der Waals surface area contributed by atoms with Gasteiger partial charge in [-0.05, 0) is 25.7 Å². The molecule has 0 unspecified atom stereocenters. The SMILES string of the molecule is CCCCNc1ncnc(N2CCCCC2)n1. The van der Waals surface area contributed by atoms with Gasteiger partial charge in [-0.2, -0.15) is 4.98 Å². The van der Waals surface area contributed by atoms with Crippen LogP contribution in [0.2, 0.25) is 0 Å². The lowest BCUT2D eigenvalue weighted by Crippen LogP contribution is -2.31. The number of unbranched alkanes of at least 4 members (excludes halogenated alkanes) is 1. The molecule has 1 aliphatic heterocycles. The molecule has 1 N–H and O–H groups in total. The third kappa shape index (κ3) is 3.54. The fourth-order valence-electron chi connectivity index (χ4n) is 2.00. The van der Waals surface area contributed by atoms with Crippen molar-refractivity contribution in [1.29, 1.82) is 0 Å². The van der Waals surface area contributed by atoms with Crippen molar-refractivity contribution in [2.45, 2.75) is 39.0 Å². The fourth-order valence-corrected chi connectivity index (χ4v) is 2.00. The third-order valence-electron chi connectivity index (χ3n) is 3.01. The van der Waals surface area contributed by atoms with Crippen molar-refractivity contribution in [1.82, 2.24) is 15.0 Å². The summed E-state index contributed by atoms with van der Waals surface area (Å²) in [5, 5.41) is 3.24. The van der Waals surface area contributed by atoms with E-state index in [0.717, 1.165) is 32.0 Å². The van der Waals surface area contributed by atoms with E-state index in [9.17, 15) is 0 Å². The van der Waals surface area contributed by atoms with Crippen LogP contribution in [0.1, 0.15) is 39.0 Å². The van der Waals surface area contributed by atoms with Crippen molar-refractivity contribution in [3.8, 4) is 0 Å². The first kappa shape index (κ1) is 12.1.